The maximum atomic E-state index is 13.0. The number of thiophene rings is 1. The van der Waals surface area contributed by atoms with Crippen LogP contribution in [0.15, 0.2) is 40.0 Å². The average molecular weight is 326 g/mol. The molecule has 21 heavy (non-hydrogen) atoms. The van der Waals surface area contributed by atoms with Gasteiger partial charge in [-0.25, -0.2) is 4.39 Å². The molecule has 0 aliphatic carbocycles. The Morgan fingerprint density at radius 3 is 2.86 bits per heavy atom. The molecule has 2 N–H and O–H groups in total. The van der Waals surface area contributed by atoms with Crippen molar-refractivity contribution < 1.29 is 4.39 Å². The van der Waals surface area contributed by atoms with Gasteiger partial charge in [0.1, 0.15) is 5.82 Å². The third-order valence-electron chi connectivity index (χ3n) is 2.97. The van der Waals surface area contributed by atoms with Crippen molar-refractivity contribution in [1.29, 1.82) is 0 Å². The maximum Gasteiger partial charge on any atom is 0.191 e. The monoisotopic (exact) mass is 325 g/mol. The molecule has 0 saturated heterocycles. The number of rotatable bonds is 5. The summed E-state index contributed by atoms with van der Waals surface area (Å²) in [6, 6.07) is 6.54. The number of hydrogen-bond donors (Lipinski definition) is 2. The number of halogens is 2. The Balaban J connectivity index is 1.78. The summed E-state index contributed by atoms with van der Waals surface area (Å²) in [5.74, 6) is 0.421. The predicted molar refractivity (Wildman–Crippen MR) is 87.6 cm³/mol. The summed E-state index contributed by atoms with van der Waals surface area (Å²) >= 11 is 7.67. The van der Waals surface area contributed by atoms with Gasteiger partial charge in [-0.2, -0.15) is 11.3 Å². The molecule has 0 amide bonds. The van der Waals surface area contributed by atoms with Crippen LogP contribution in [-0.4, -0.2) is 19.6 Å². The second-order valence-electron chi connectivity index (χ2n) is 4.47. The van der Waals surface area contributed by atoms with Crippen molar-refractivity contribution in [2.24, 2.45) is 4.99 Å². The molecule has 0 atom stereocenters. The summed E-state index contributed by atoms with van der Waals surface area (Å²) < 4.78 is 13.0. The van der Waals surface area contributed by atoms with E-state index >= 15 is 0 Å². The molecule has 0 unspecified atom stereocenters. The van der Waals surface area contributed by atoms with E-state index in [-0.39, 0.29) is 5.82 Å². The van der Waals surface area contributed by atoms with E-state index in [9.17, 15) is 4.39 Å². The van der Waals surface area contributed by atoms with Crippen LogP contribution in [0.1, 0.15) is 11.1 Å². The first kappa shape index (κ1) is 15.8. The topological polar surface area (TPSA) is 36.4 Å². The van der Waals surface area contributed by atoms with Crippen LogP contribution in [-0.2, 0) is 13.0 Å². The van der Waals surface area contributed by atoms with Gasteiger partial charge >= 0.3 is 0 Å². The minimum atomic E-state index is -0.315. The summed E-state index contributed by atoms with van der Waals surface area (Å²) in [5, 5.41) is 11.0. The van der Waals surface area contributed by atoms with Gasteiger partial charge in [0.2, 0.25) is 0 Å². The van der Waals surface area contributed by atoms with Gasteiger partial charge in [0.25, 0.3) is 0 Å². The Kier molecular flexibility index (Phi) is 6.02. The Morgan fingerprint density at radius 1 is 1.33 bits per heavy atom. The Morgan fingerprint density at radius 2 is 2.19 bits per heavy atom. The average Bonchev–Trinajstić information content (AvgIpc) is 2.98. The van der Waals surface area contributed by atoms with Crippen LogP contribution < -0.4 is 10.6 Å². The molecule has 0 saturated carbocycles. The number of benzene rings is 1. The van der Waals surface area contributed by atoms with Crippen LogP contribution in [0.25, 0.3) is 0 Å². The van der Waals surface area contributed by atoms with Crippen LogP contribution in [0.5, 0.6) is 0 Å². The van der Waals surface area contributed by atoms with Crippen LogP contribution in [0, 0.1) is 5.82 Å². The Hall–Kier alpha value is -1.59. The van der Waals surface area contributed by atoms with Crippen LogP contribution in [0.4, 0.5) is 4.39 Å². The molecule has 3 nitrogen and oxygen atoms in total. The molecule has 0 fully saturated rings. The van der Waals surface area contributed by atoms with Crippen molar-refractivity contribution in [3.8, 4) is 0 Å². The summed E-state index contributed by atoms with van der Waals surface area (Å²) in [4.78, 5) is 4.16. The lowest BCUT2D eigenvalue weighted by atomic mass is 10.1. The van der Waals surface area contributed by atoms with Gasteiger partial charge in [-0.3, -0.25) is 4.99 Å². The lowest BCUT2D eigenvalue weighted by Gasteiger charge is -2.11. The predicted octanol–water partition coefficient (Wildman–Crippen LogP) is 3.45. The summed E-state index contributed by atoms with van der Waals surface area (Å²) in [7, 11) is 1.73. The van der Waals surface area contributed by atoms with E-state index in [2.05, 4.69) is 27.1 Å². The van der Waals surface area contributed by atoms with Crippen molar-refractivity contribution in [2.75, 3.05) is 13.6 Å². The minimum Gasteiger partial charge on any atom is -0.356 e. The molecular weight excluding hydrogens is 309 g/mol. The quantitative estimate of drug-likeness (QED) is 0.652. The second-order valence-corrected chi connectivity index (χ2v) is 5.66. The fraction of sp³-hybridized carbons (Fsp3) is 0.267. The van der Waals surface area contributed by atoms with E-state index in [1.54, 1.807) is 24.5 Å². The van der Waals surface area contributed by atoms with Crippen molar-refractivity contribution >= 4 is 28.9 Å². The third-order valence-corrected chi connectivity index (χ3v) is 4.05. The number of guanidine groups is 1. The first-order chi connectivity index (χ1) is 10.2. The molecule has 112 valence electrons. The second kappa shape index (κ2) is 8.00. The normalized spacial score (nSPS) is 11.5. The van der Waals surface area contributed by atoms with E-state index in [1.807, 2.05) is 5.38 Å². The van der Waals surface area contributed by atoms with Gasteiger partial charge < -0.3 is 10.6 Å². The molecule has 0 spiro atoms. The summed E-state index contributed by atoms with van der Waals surface area (Å²) in [6.45, 7) is 1.41. The molecule has 1 heterocycles. The summed E-state index contributed by atoms with van der Waals surface area (Å²) in [6.07, 6.45) is 0.707. The highest BCUT2D eigenvalue weighted by Gasteiger charge is 2.03. The van der Waals surface area contributed by atoms with E-state index in [4.69, 9.17) is 11.6 Å². The zero-order chi connectivity index (χ0) is 15.1. The fourth-order valence-corrected chi connectivity index (χ4v) is 2.77. The highest BCUT2D eigenvalue weighted by molar-refractivity contribution is 7.07. The largest absolute Gasteiger partial charge is 0.356 e. The third kappa shape index (κ3) is 5.02. The highest BCUT2D eigenvalue weighted by atomic mass is 35.5. The molecule has 0 aliphatic rings. The minimum absolute atomic E-state index is 0.315. The first-order valence-corrected chi connectivity index (χ1v) is 7.90. The van der Waals surface area contributed by atoms with Gasteiger partial charge in [0, 0.05) is 25.2 Å². The molecule has 0 aliphatic heterocycles. The van der Waals surface area contributed by atoms with Gasteiger partial charge in [0.15, 0.2) is 5.96 Å². The number of nitrogens with zero attached hydrogens (tertiary/aromatic N) is 1. The standard InChI is InChI=1S/C15H17ClFN3S/c1-18-15(20-9-11-5-7-21-10-11)19-6-4-12-2-3-13(17)8-14(12)16/h2-3,5,7-8,10H,4,6,9H2,1H3,(H2,18,19,20). The first-order valence-electron chi connectivity index (χ1n) is 6.58. The molecule has 1 aromatic carbocycles. The lowest BCUT2D eigenvalue weighted by Crippen LogP contribution is -2.37. The molecule has 1 aromatic heterocycles. The van der Waals surface area contributed by atoms with Crippen molar-refractivity contribution in [1.82, 2.24) is 10.6 Å². The zero-order valence-electron chi connectivity index (χ0n) is 11.7. The molecule has 0 bridgehead atoms. The van der Waals surface area contributed by atoms with Crippen LogP contribution >= 0.6 is 22.9 Å². The highest BCUT2D eigenvalue weighted by Crippen LogP contribution is 2.17. The Bertz CT molecular complexity index is 599. The van der Waals surface area contributed by atoms with Gasteiger partial charge in [-0.05, 0) is 46.5 Å². The van der Waals surface area contributed by atoms with E-state index in [1.165, 1.54) is 17.7 Å². The van der Waals surface area contributed by atoms with Gasteiger partial charge in [-0.1, -0.05) is 17.7 Å². The number of hydrogen-bond acceptors (Lipinski definition) is 2. The van der Waals surface area contributed by atoms with Gasteiger partial charge in [-0.15, -0.1) is 0 Å². The SMILES string of the molecule is CN=C(NCCc1ccc(F)cc1Cl)NCc1ccsc1. The molecule has 2 rings (SSSR count). The lowest BCUT2D eigenvalue weighted by molar-refractivity contribution is 0.627. The summed E-state index contributed by atoms with van der Waals surface area (Å²) in [5.41, 5.74) is 2.14. The Labute approximate surface area is 132 Å². The number of aliphatic imine (C=N–C) groups is 1. The van der Waals surface area contributed by atoms with Crippen LogP contribution in [0.2, 0.25) is 5.02 Å². The smallest absolute Gasteiger partial charge is 0.191 e. The van der Waals surface area contributed by atoms with Gasteiger partial charge in [0.05, 0.1) is 0 Å². The molecule has 0 radical (unpaired) electrons. The fourth-order valence-electron chi connectivity index (χ4n) is 1.84. The molecule has 6 heteroatoms. The van der Waals surface area contributed by atoms with Crippen LogP contribution in [0.3, 0.4) is 0 Å². The van der Waals surface area contributed by atoms with E-state index in [0.29, 0.717) is 18.0 Å². The van der Waals surface area contributed by atoms with Crippen molar-refractivity contribution in [3.05, 3.63) is 57.0 Å². The maximum absolute atomic E-state index is 13.0. The molecular formula is C15H17ClFN3S. The van der Waals surface area contributed by atoms with E-state index in [0.717, 1.165) is 18.1 Å². The molecule has 2 aromatic rings. The van der Waals surface area contributed by atoms with Crippen molar-refractivity contribution in [2.45, 2.75) is 13.0 Å². The van der Waals surface area contributed by atoms with E-state index < -0.39 is 0 Å². The number of nitrogens with one attached hydrogen (secondary N) is 2. The zero-order valence-corrected chi connectivity index (χ0v) is 13.3. The van der Waals surface area contributed by atoms with Crippen molar-refractivity contribution in [3.63, 3.8) is 0 Å².